The quantitative estimate of drug-likeness (QED) is 0.641. The van der Waals surface area contributed by atoms with Gasteiger partial charge in [0.1, 0.15) is 0 Å². The summed E-state index contributed by atoms with van der Waals surface area (Å²) >= 11 is 0. The molecule has 0 N–H and O–H groups in total. The molecular formula is C18H19N. The van der Waals surface area contributed by atoms with Gasteiger partial charge in [-0.1, -0.05) is 55.0 Å². The van der Waals surface area contributed by atoms with Crippen molar-refractivity contribution in [1.29, 1.82) is 0 Å². The summed E-state index contributed by atoms with van der Waals surface area (Å²) in [7, 11) is 0. The number of benzene rings is 2. The van der Waals surface area contributed by atoms with E-state index in [0.29, 0.717) is 0 Å². The molecule has 0 spiro atoms. The highest BCUT2D eigenvalue weighted by Crippen LogP contribution is 2.22. The zero-order valence-electron chi connectivity index (χ0n) is 11.6. The summed E-state index contributed by atoms with van der Waals surface area (Å²) in [6.07, 6.45) is 3.28. The molecular weight excluding hydrogens is 230 g/mol. The van der Waals surface area contributed by atoms with Crippen LogP contribution in [-0.2, 0) is 13.0 Å². The van der Waals surface area contributed by atoms with Gasteiger partial charge in [-0.3, -0.25) is 0 Å². The Morgan fingerprint density at radius 1 is 0.947 bits per heavy atom. The van der Waals surface area contributed by atoms with E-state index in [1.807, 2.05) is 0 Å². The third kappa shape index (κ3) is 2.28. The normalized spacial score (nSPS) is 11.1. The average Bonchev–Trinajstić information content (AvgIpc) is 2.85. The van der Waals surface area contributed by atoms with Crippen LogP contribution in [0, 0.1) is 6.92 Å². The minimum Gasteiger partial charge on any atom is -0.343 e. The first kappa shape index (κ1) is 12.0. The lowest BCUT2D eigenvalue weighted by atomic mass is 10.1. The largest absolute Gasteiger partial charge is 0.343 e. The van der Waals surface area contributed by atoms with E-state index in [9.17, 15) is 0 Å². The monoisotopic (exact) mass is 249 g/mol. The molecule has 0 saturated carbocycles. The first-order valence-electron chi connectivity index (χ1n) is 6.90. The van der Waals surface area contributed by atoms with E-state index in [1.54, 1.807) is 0 Å². The summed E-state index contributed by atoms with van der Waals surface area (Å²) in [5, 5.41) is 1.34. The Kier molecular flexibility index (Phi) is 3.12. The minimum atomic E-state index is 0.945. The number of hydrogen-bond donors (Lipinski definition) is 0. The molecule has 1 heteroatoms. The van der Waals surface area contributed by atoms with Gasteiger partial charge in [0, 0.05) is 12.7 Å². The number of hydrogen-bond acceptors (Lipinski definition) is 0. The van der Waals surface area contributed by atoms with Gasteiger partial charge in [0.15, 0.2) is 0 Å². The highest BCUT2D eigenvalue weighted by Gasteiger charge is 2.05. The molecule has 0 aliphatic carbocycles. The summed E-state index contributed by atoms with van der Waals surface area (Å²) in [4.78, 5) is 0. The smallest absolute Gasteiger partial charge is 0.0515 e. The molecule has 0 bridgehead atoms. The molecule has 3 aromatic rings. The van der Waals surface area contributed by atoms with Crippen LogP contribution in [0.3, 0.4) is 0 Å². The molecule has 1 nitrogen and oxygen atoms in total. The number of rotatable bonds is 3. The topological polar surface area (TPSA) is 4.93 Å². The third-order valence-electron chi connectivity index (χ3n) is 3.73. The first-order chi connectivity index (χ1) is 9.28. The Hall–Kier alpha value is -2.02. The van der Waals surface area contributed by atoms with E-state index in [0.717, 1.165) is 13.0 Å². The van der Waals surface area contributed by atoms with Crippen LogP contribution in [0.15, 0.2) is 54.7 Å². The van der Waals surface area contributed by atoms with Crippen LogP contribution < -0.4 is 0 Å². The SMILES string of the molecule is CCc1cccc2ccn(Cc3ccc(C)cc3)c12. The van der Waals surface area contributed by atoms with E-state index in [-0.39, 0.29) is 0 Å². The van der Waals surface area contributed by atoms with E-state index in [2.05, 4.69) is 73.1 Å². The summed E-state index contributed by atoms with van der Waals surface area (Å²) in [6, 6.07) is 17.6. The van der Waals surface area contributed by atoms with Gasteiger partial charge in [0.05, 0.1) is 5.52 Å². The molecule has 1 aromatic heterocycles. The molecule has 0 atom stereocenters. The zero-order chi connectivity index (χ0) is 13.2. The lowest BCUT2D eigenvalue weighted by Crippen LogP contribution is -1.99. The molecule has 0 fully saturated rings. The van der Waals surface area contributed by atoms with Crippen molar-refractivity contribution in [2.24, 2.45) is 0 Å². The Balaban J connectivity index is 2.03. The maximum Gasteiger partial charge on any atom is 0.0515 e. The van der Waals surface area contributed by atoms with Crippen LogP contribution >= 0.6 is 0 Å². The fourth-order valence-electron chi connectivity index (χ4n) is 2.65. The summed E-state index contributed by atoms with van der Waals surface area (Å²) in [6.45, 7) is 5.29. The van der Waals surface area contributed by atoms with Gasteiger partial charge in [-0.05, 0) is 35.9 Å². The van der Waals surface area contributed by atoms with Crippen LogP contribution in [0.4, 0.5) is 0 Å². The third-order valence-corrected chi connectivity index (χ3v) is 3.73. The Labute approximate surface area is 114 Å². The van der Waals surface area contributed by atoms with Crippen molar-refractivity contribution in [2.45, 2.75) is 26.8 Å². The Morgan fingerprint density at radius 2 is 1.74 bits per heavy atom. The maximum atomic E-state index is 2.36. The van der Waals surface area contributed by atoms with Crippen LogP contribution in [0.2, 0.25) is 0 Å². The predicted molar refractivity (Wildman–Crippen MR) is 81.6 cm³/mol. The molecule has 0 radical (unpaired) electrons. The Bertz CT molecular complexity index is 689. The van der Waals surface area contributed by atoms with Crippen LogP contribution in [0.5, 0.6) is 0 Å². The maximum absolute atomic E-state index is 2.36. The van der Waals surface area contributed by atoms with Gasteiger partial charge in [-0.15, -0.1) is 0 Å². The summed E-state index contributed by atoms with van der Waals surface area (Å²) in [5.74, 6) is 0. The van der Waals surface area contributed by atoms with Gasteiger partial charge in [-0.25, -0.2) is 0 Å². The van der Waals surface area contributed by atoms with E-state index >= 15 is 0 Å². The highest BCUT2D eigenvalue weighted by atomic mass is 15.0. The number of aromatic nitrogens is 1. The molecule has 0 aliphatic heterocycles. The van der Waals surface area contributed by atoms with Gasteiger partial charge < -0.3 is 4.57 Å². The van der Waals surface area contributed by atoms with Crippen molar-refractivity contribution in [3.63, 3.8) is 0 Å². The fourth-order valence-corrected chi connectivity index (χ4v) is 2.65. The second-order valence-electron chi connectivity index (χ2n) is 5.14. The standard InChI is InChI=1S/C18H19N/c1-3-16-5-4-6-17-11-12-19(18(16)17)13-15-9-7-14(2)8-10-15/h4-12H,3,13H2,1-2H3. The van der Waals surface area contributed by atoms with Crippen molar-refractivity contribution in [1.82, 2.24) is 4.57 Å². The average molecular weight is 249 g/mol. The first-order valence-corrected chi connectivity index (χ1v) is 6.90. The van der Waals surface area contributed by atoms with E-state index in [1.165, 1.54) is 27.6 Å². The van der Waals surface area contributed by atoms with Gasteiger partial charge in [0.2, 0.25) is 0 Å². The molecule has 0 saturated heterocycles. The van der Waals surface area contributed by atoms with Crippen LogP contribution in [0.1, 0.15) is 23.6 Å². The van der Waals surface area contributed by atoms with Gasteiger partial charge in [-0.2, -0.15) is 0 Å². The highest BCUT2D eigenvalue weighted by molar-refractivity contribution is 5.83. The van der Waals surface area contributed by atoms with Crippen molar-refractivity contribution >= 4 is 10.9 Å². The molecule has 2 aromatic carbocycles. The second kappa shape index (κ2) is 4.93. The fraction of sp³-hybridized carbons (Fsp3) is 0.222. The lowest BCUT2D eigenvalue weighted by molar-refractivity contribution is 0.831. The van der Waals surface area contributed by atoms with Crippen molar-refractivity contribution in [3.8, 4) is 0 Å². The van der Waals surface area contributed by atoms with Crippen molar-refractivity contribution in [2.75, 3.05) is 0 Å². The lowest BCUT2D eigenvalue weighted by Gasteiger charge is -2.09. The molecule has 0 amide bonds. The van der Waals surface area contributed by atoms with E-state index in [4.69, 9.17) is 0 Å². The van der Waals surface area contributed by atoms with Crippen LogP contribution in [0.25, 0.3) is 10.9 Å². The zero-order valence-corrected chi connectivity index (χ0v) is 11.6. The molecule has 96 valence electrons. The molecule has 19 heavy (non-hydrogen) atoms. The van der Waals surface area contributed by atoms with Gasteiger partial charge >= 0.3 is 0 Å². The molecule has 3 rings (SSSR count). The minimum absolute atomic E-state index is 0.945. The number of para-hydroxylation sites is 1. The predicted octanol–water partition coefficient (Wildman–Crippen LogP) is 4.56. The Morgan fingerprint density at radius 3 is 2.47 bits per heavy atom. The summed E-state index contributed by atoms with van der Waals surface area (Å²) < 4.78 is 2.36. The summed E-state index contributed by atoms with van der Waals surface area (Å²) in [5.41, 5.74) is 5.48. The second-order valence-corrected chi connectivity index (χ2v) is 5.14. The van der Waals surface area contributed by atoms with Crippen LogP contribution in [-0.4, -0.2) is 4.57 Å². The van der Waals surface area contributed by atoms with Gasteiger partial charge in [0.25, 0.3) is 0 Å². The van der Waals surface area contributed by atoms with Crippen molar-refractivity contribution in [3.05, 3.63) is 71.4 Å². The molecule has 0 unspecified atom stereocenters. The number of aryl methyl sites for hydroxylation is 2. The molecule has 1 heterocycles. The number of nitrogens with zero attached hydrogens (tertiary/aromatic N) is 1. The van der Waals surface area contributed by atoms with Crippen molar-refractivity contribution < 1.29 is 0 Å². The van der Waals surface area contributed by atoms with E-state index < -0.39 is 0 Å². The molecule has 0 aliphatic rings. The number of fused-ring (bicyclic) bond motifs is 1.